The first-order valence-corrected chi connectivity index (χ1v) is 8.96. The van der Waals surface area contributed by atoms with Crippen LogP contribution in [0.15, 0.2) is 30.3 Å². The highest BCUT2D eigenvalue weighted by Gasteiger charge is 2.27. The van der Waals surface area contributed by atoms with Crippen LogP contribution < -0.4 is 19.5 Å². The molecule has 1 aliphatic rings. The number of rotatable bonds is 6. The van der Waals surface area contributed by atoms with Gasteiger partial charge in [-0.25, -0.2) is 0 Å². The molecule has 134 valence electrons. The van der Waals surface area contributed by atoms with E-state index in [1.807, 2.05) is 19.1 Å². The Morgan fingerprint density at radius 1 is 1.04 bits per heavy atom. The maximum absolute atomic E-state index is 5.93. The first-order valence-electron chi connectivity index (χ1n) is 8.96. The molecule has 4 heteroatoms. The van der Waals surface area contributed by atoms with Crippen molar-refractivity contribution >= 4 is 0 Å². The van der Waals surface area contributed by atoms with E-state index in [0.717, 1.165) is 36.6 Å². The number of benzene rings is 2. The number of fused-ring (bicyclic) bond motifs is 1. The summed E-state index contributed by atoms with van der Waals surface area (Å²) in [7, 11) is 3.41. The predicted molar refractivity (Wildman–Crippen MR) is 100 cm³/mol. The Hall–Kier alpha value is -2.20. The molecule has 2 aromatic rings. The van der Waals surface area contributed by atoms with Gasteiger partial charge in [0.1, 0.15) is 5.75 Å². The van der Waals surface area contributed by atoms with Crippen LogP contribution in [0.5, 0.6) is 17.2 Å². The molecule has 25 heavy (non-hydrogen) atoms. The number of ether oxygens (including phenoxy) is 3. The van der Waals surface area contributed by atoms with Crippen LogP contribution in [0.4, 0.5) is 0 Å². The topological polar surface area (TPSA) is 39.7 Å². The lowest BCUT2D eigenvalue weighted by atomic mass is 9.86. The molecule has 1 heterocycles. The molecule has 1 unspecified atom stereocenters. The van der Waals surface area contributed by atoms with Crippen molar-refractivity contribution < 1.29 is 14.2 Å². The molecule has 1 atom stereocenters. The lowest BCUT2D eigenvalue weighted by Crippen LogP contribution is -2.31. The van der Waals surface area contributed by atoms with Gasteiger partial charge in [-0.15, -0.1) is 0 Å². The lowest BCUT2D eigenvalue weighted by molar-refractivity contribution is 0.305. The molecule has 0 bridgehead atoms. The van der Waals surface area contributed by atoms with E-state index in [9.17, 15) is 0 Å². The second-order valence-electron chi connectivity index (χ2n) is 6.15. The van der Waals surface area contributed by atoms with Crippen molar-refractivity contribution in [3.05, 3.63) is 52.6 Å². The van der Waals surface area contributed by atoms with Crippen LogP contribution in [0.1, 0.15) is 42.1 Å². The zero-order chi connectivity index (χ0) is 17.8. The van der Waals surface area contributed by atoms with Crippen LogP contribution in [-0.2, 0) is 12.8 Å². The van der Waals surface area contributed by atoms with E-state index in [2.05, 4.69) is 30.4 Å². The Morgan fingerprint density at radius 3 is 2.52 bits per heavy atom. The molecular weight excluding hydrogens is 314 g/mol. The fourth-order valence-corrected chi connectivity index (χ4v) is 3.64. The Labute approximate surface area is 150 Å². The second kappa shape index (κ2) is 7.79. The molecule has 1 N–H and O–H groups in total. The maximum atomic E-state index is 5.93. The highest BCUT2D eigenvalue weighted by molar-refractivity contribution is 5.55. The SMILES string of the molecule is CCOc1c(OC)ccc2c1CCNC2c1ccc(OC)cc1CC. The van der Waals surface area contributed by atoms with Crippen LogP contribution in [0, 0.1) is 0 Å². The Balaban J connectivity index is 2.09. The molecule has 0 aliphatic carbocycles. The van der Waals surface area contributed by atoms with Crippen molar-refractivity contribution in [3.63, 3.8) is 0 Å². The zero-order valence-corrected chi connectivity index (χ0v) is 15.5. The minimum absolute atomic E-state index is 0.162. The van der Waals surface area contributed by atoms with Gasteiger partial charge in [0, 0.05) is 12.1 Å². The van der Waals surface area contributed by atoms with Gasteiger partial charge in [0.15, 0.2) is 11.5 Å². The largest absolute Gasteiger partial charge is 0.497 e. The van der Waals surface area contributed by atoms with Crippen LogP contribution >= 0.6 is 0 Å². The van der Waals surface area contributed by atoms with Crippen LogP contribution in [0.3, 0.4) is 0 Å². The van der Waals surface area contributed by atoms with Gasteiger partial charge in [0.25, 0.3) is 0 Å². The maximum Gasteiger partial charge on any atom is 0.164 e. The third-order valence-electron chi connectivity index (χ3n) is 4.85. The Kier molecular flexibility index (Phi) is 5.49. The summed E-state index contributed by atoms with van der Waals surface area (Å²) >= 11 is 0. The molecule has 0 fully saturated rings. The molecule has 0 saturated carbocycles. The third-order valence-corrected chi connectivity index (χ3v) is 4.85. The number of hydrogen-bond acceptors (Lipinski definition) is 4. The first-order chi connectivity index (χ1) is 12.2. The van der Waals surface area contributed by atoms with E-state index in [1.165, 1.54) is 22.3 Å². The van der Waals surface area contributed by atoms with Gasteiger partial charge in [0.05, 0.1) is 26.9 Å². The van der Waals surface area contributed by atoms with Crippen LogP contribution in [0.2, 0.25) is 0 Å². The standard InChI is InChI=1S/C21H27NO3/c1-5-14-13-15(23-3)7-8-16(14)20-17-9-10-19(24-4)21(25-6-2)18(17)11-12-22-20/h7-10,13,20,22H,5-6,11-12H2,1-4H3. The quantitative estimate of drug-likeness (QED) is 0.865. The summed E-state index contributed by atoms with van der Waals surface area (Å²) < 4.78 is 16.8. The first kappa shape index (κ1) is 17.6. The van der Waals surface area contributed by atoms with Crippen molar-refractivity contribution in [2.24, 2.45) is 0 Å². The summed E-state index contributed by atoms with van der Waals surface area (Å²) in [5, 5.41) is 3.67. The minimum atomic E-state index is 0.162. The van der Waals surface area contributed by atoms with Crippen molar-refractivity contribution in [3.8, 4) is 17.2 Å². The van der Waals surface area contributed by atoms with Crippen molar-refractivity contribution in [1.82, 2.24) is 5.32 Å². The van der Waals surface area contributed by atoms with Gasteiger partial charge < -0.3 is 19.5 Å². The van der Waals surface area contributed by atoms with E-state index in [-0.39, 0.29) is 6.04 Å². The minimum Gasteiger partial charge on any atom is -0.497 e. The predicted octanol–water partition coefficient (Wildman–Crippen LogP) is 3.90. The zero-order valence-electron chi connectivity index (χ0n) is 15.5. The van der Waals surface area contributed by atoms with Crippen LogP contribution in [0.25, 0.3) is 0 Å². The second-order valence-corrected chi connectivity index (χ2v) is 6.15. The van der Waals surface area contributed by atoms with E-state index in [0.29, 0.717) is 6.61 Å². The average molecular weight is 341 g/mol. The summed E-state index contributed by atoms with van der Waals surface area (Å²) in [6.45, 7) is 5.74. The molecule has 0 spiro atoms. The van der Waals surface area contributed by atoms with Crippen molar-refractivity contribution in [2.75, 3.05) is 27.4 Å². The van der Waals surface area contributed by atoms with Crippen molar-refractivity contribution in [1.29, 1.82) is 0 Å². The fourth-order valence-electron chi connectivity index (χ4n) is 3.64. The van der Waals surface area contributed by atoms with Gasteiger partial charge in [-0.3, -0.25) is 0 Å². The van der Waals surface area contributed by atoms with Crippen molar-refractivity contribution in [2.45, 2.75) is 32.7 Å². The molecule has 0 amide bonds. The summed E-state index contributed by atoms with van der Waals surface area (Å²) in [6.07, 6.45) is 1.91. The molecule has 0 radical (unpaired) electrons. The summed E-state index contributed by atoms with van der Waals surface area (Å²) in [4.78, 5) is 0. The van der Waals surface area contributed by atoms with E-state index in [1.54, 1.807) is 14.2 Å². The molecule has 2 aromatic carbocycles. The molecule has 0 saturated heterocycles. The fraction of sp³-hybridized carbons (Fsp3) is 0.429. The smallest absolute Gasteiger partial charge is 0.164 e. The normalized spacial score (nSPS) is 16.2. The summed E-state index contributed by atoms with van der Waals surface area (Å²) in [5.74, 6) is 2.61. The number of methoxy groups -OCH3 is 2. The van der Waals surface area contributed by atoms with E-state index < -0.39 is 0 Å². The lowest BCUT2D eigenvalue weighted by Gasteiger charge is -2.31. The summed E-state index contributed by atoms with van der Waals surface area (Å²) in [5.41, 5.74) is 5.13. The van der Waals surface area contributed by atoms with Gasteiger partial charge in [0.2, 0.25) is 0 Å². The summed E-state index contributed by atoms with van der Waals surface area (Å²) in [6, 6.07) is 10.7. The van der Waals surface area contributed by atoms with Gasteiger partial charge >= 0.3 is 0 Å². The van der Waals surface area contributed by atoms with Gasteiger partial charge in [-0.1, -0.05) is 19.1 Å². The number of hydrogen-bond donors (Lipinski definition) is 1. The van der Waals surface area contributed by atoms with E-state index in [4.69, 9.17) is 14.2 Å². The molecule has 4 nitrogen and oxygen atoms in total. The van der Waals surface area contributed by atoms with Gasteiger partial charge in [-0.2, -0.15) is 0 Å². The Bertz CT molecular complexity index is 742. The Morgan fingerprint density at radius 2 is 1.84 bits per heavy atom. The van der Waals surface area contributed by atoms with Crippen LogP contribution in [-0.4, -0.2) is 27.4 Å². The molecule has 3 rings (SSSR count). The third kappa shape index (κ3) is 3.31. The monoisotopic (exact) mass is 341 g/mol. The van der Waals surface area contributed by atoms with E-state index >= 15 is 0 Å². The molecule has 1 aliphatic heterocycles. The average Bonchev–Trinajstić information content (AvgIpc) is 2.67. The number of aryl methyl sites for hydroxylation is 1. The molecule has 0 aromatic heterocycles. The molecular formula is C21H27NO3. The van der Waals surface area contributed by atoms with Gasteiger partial charge in [-0.05, 0) is 54.7 Å². The highest BCUT2D eigenvalue weighted by atomic mass is 16.5. The highest BCUT2D eigenvalue weighted by Crippen LogP contribution is 2.41. The number of nitrogens with one attached hydrogen (secondary N) is 1.